The molecule has 132 valence electrons. The highest BCUT2D eigenvalue weighted by molar-refractivity contribution is 5.83. The molecule has 5 nitrogen and oxygen atoms in total. The van der Waals surface area contributed by atoms with E-state index in [9.17, 15) is 0 Å². The van der Waals surface area contributed by atoms with Gasteiger partial charge in [-0.15, -0.1) is 0 Å². The molecule has 0 saturated carbocycles. The first-order chi connectivity index (χ1) is 11.7. The molecule has 1 heterocycles. The van der Waals surface area contributed by atoms with E-state index in [4.69, 9.17) is 4.74 Å². The summed E-state index contributed by atoms with van der Waals surface area (Å²) in [4.78, 5) is 7.92. The SMILES string of the molecule is CCNC(=NCCCOC(C)C)NCCc1c[nH]c2ccccc12. The van der Waals surface area contributed by atoms with Crippen LogP contribution >= 0.6 is 0 Å². The van der Waals surface area contributed by atoms with Gasteiger partial charge in [0.2, 0.25) is 0 Å². The maximum absolute atomic E-state index is 5.54. The van der Waals surface area contributed by atoms with E-state index in [0.717, 1.165) is 45.0 Å². The van der Waals surface area contributed by atoms with E-state index in [0.29, 0.717) is 0 Å². The summed E-state index contributed by atoms with van der Waals surface area (Å²) < 4.78 is 5.54. The first-order valence-electron chi connectivity index (χ1n) is 8.89. The number of aliphatic imine (C=N–C) groups is 1. The topological polar surface area (TPSA) is 61.4 Å². The number of benzene rings is 1. The number of hydrogen-bond acceptors (Lipinski definition) is 2. The summed E-state index contributed by atoms with van der Waals surface area (Å²) >= 11 is 0. The van der Waals surface area contributed by atoms with Crippen LogP contribution < -0.4 is 10.6 Å². The van der Waals surface area contributed by atoms with Crippen LogP contribution in [0.3, 0.4) is 0 Å². The molecular weight excluding hydrogens is 300 g/mol. The van der Waals surface area contributed by atoms with E-state index < -0.39 is 0 Å². The number of rotatable bonds is 9. The lowest BCUT2D eigenvalue weighted by molar-refractivity contribution is 0.0782. The molecular formula is C19H30N4O. The molecule has 0 aliphatic rings. The van der Waals surface area contributed by atoms with Crippen LogP contribution in [0.4, 0.5) is 0 Å². The zero-order valence-corrected chi connectivity index (χ0v) is 15.1. The second-order valence-corrected chi connectivity index (χ2v) is 6.07. The van der Waals surface area contributed by atoms with Gasteiger partial charge in [0.1, 0.15) is 0 Å². The largest absolute Gasteiger partial charge is 0.379 e. The van der Waals surface area contributed by atoms with E-state index in [2.05, 4.69) is 71.8 Å². The first-order valence-corrected chi connectivity index (χ1v) is 8.89. The lowest BCUT2D eigenvalue weighted by Gasteiger charge is -2.11. The Kier molecular flexibility index (Phi) is 7.62. The average molecular weight is 330 g/mol. The Morgan fingerprint density at radius 2 is 2.08 bits per heavy atom. The van der Waals surface area contributed by atoms with E-state index >= 15 is 0 Å². The Labute approximate surface area is 144 Å². The van der Waals surface area contributed by atoms with Crippen molar-refractivity contribution in [1.29, 1.82) is 0 Å². The van der Waals surface area contributed by atoms with Crippen LogP contribution in [0.25, 0.3) is 10.9 Å². The van der Waals surface area contributed by atoms with Gasteiger partial charge in [0.25, 0.3) is 0 Å². The fourth-order valence-corrected chi connectivity index (χ4v) is 2.57. The normalized spacial score (nSPS) is 12.1. The van der Waals surface area contributed by atoms with Crippen molar-refractivity contribution in [3.8, 4) is 0 Å². The van der Waals surface area contributed by atoms with E-state index in [1.54, 1.807) is 0 Å². The summed E-state index contributed by atoms with van der Waals surface area (Å²) in [5, 5.41) is 8.00. The van der Waals surface area contributed by atoms with E-state index in [-0.39, 0.29) is 6.10 Å². The standard InChI is InChI=1S/C19H30N4O/c1-4-20-19(21-11-7-13-24-15(2)3)22-12-10-16-14-23-18-9-6-5-8-17(16)18/h5-6,8-9,14-15,23H,4,7,10-13H2,1-3H3,(H2,20,21,22). The number of hydrogen-bond donors (Lipinski definition) is 3. The van der Waals surface area contributed by atoms with Crippen LogP contribution in [0.15, 0.2) is 35.5 Å². The van der Waals surface area contributed by atoms with Crippen LogP contribution in [0, 0.1) is 0 Å². The van der Waals surface area contributed by atoms with Crippen molar-refractivity contribution in [2.45, 2.75) is 39.7 Å². The lowest BCUT2D eigenvalue weighted by Crippen LogP contribution is -2.38. The molecule has 0 unspecified atom stereocenters. The molecule has 2 aromatic rings. The van der Waals surface area contributed by atoms with Gasteiger partial charge in [-0.2, -0.15) is 0 Å². The van der Waals surface area contributed by atoms with Gasteiger partial charge in [-0.25, -0.2) is 0 Å². The molecule has 0 aliphatic heterocycles. The molecule has 0 saturated heterocycles. The van der Waals surface area contributed by atoms with Crippen LogP contribution in [-0.4, -0.2) is 43.3 Å². The summed E-state index contributed by atoms with van der Waals surface area (Å²) in [6.07, 6.45) is 4.29. The maximum Gasteiger partial charge on any atom is 0.191 e. The predicted molar refractivity (Wildman–Crippen MR) is 102 cm³/mol. The molecule has 0 fully saturated rings. The van der Waals surface area contributed by atoms with Gasteiger partial charge in [0.05, 0.1) is 6.10 Å². The highest BCUT2D eigenvalue weighted by Crippen LogP contribution is 2.17. The van der Waals surface area contributed by atoms with Crippen LogP contribution in [0.1, 0.15) is 32.8 Å². The molecule has 0 aliphatic carbocycles. The summed E-state index contributed by atoms with van der Waals surface area (Å²) in [6.45, 7) is 9.45. The number of nitrogens with one attached hydrogen (secondary N) is 3. The third-order valence-corrected chi connectivity index (χ3v) is 3.73. The molecule has 24 heavy (non-hydrogen) atoms. The molecule has 5 heteroatoms. The number of para-hydroxylation sites is 1. The van der Waals surface area contributed by atoms with Crippen molar-refractivity contribution in [1.82, 2.24) is 15.6 Å². The number of nitrogens with zero attached hydrogens (tertiary/aromatic N) is 1. The zero-order valence-electron chi connectivity index (χ0n) is 15.1. The Morgan fingerprint density at radius 3 is 2.88 bits per heavy atom. The molecule has 0 radical (unpaired) electrons. The molecule has 0 spiro atoms. The Bertz CT molecular complexity index is 633. The van der Waals surface area contributed by atoms with Crippen LogP contribution in [0.2, 0.25) is 0 Å². The van der Waals surface area contributed by atoms with Gasteiger partial charge in [-0.05, 0) is 45.2 Å². The Morgan fingerprint density at radius 1 is 1.25 bits per heavy atom. The second-order valence-electron chi connectivity index (χ2n) is 6.07. The predicted octanol–water partition coefficient (Wildman–Crippen LogP) is 3.08. The van der Waals surface area contributed by atoms with E-state index in [1.807, 2.05) is 0 Å². The highest BCUT2D eigenvalue weighted by Gasteiger charge is 2.03. The third-order valence-electron chi connectivity index (χ3n) is 3.73. The molecule has 1 aromatic heterocycles. The van der Waals surface area contributed by atoms with Crippen molar-refractivity contribution < 1.29 is 4.74 Å². The summed E-state index contributed by atoms with van der Waals surface area (Å²) in [7, 11) is 0. The molecule has 2 rings (SSSR count). The minimum absolute atomic E-state index is 0.288. The van der Waals surface area contributed by atoms with Crippen molar-refractivity contribution >= 4 is 16.9 Å². The van der Waals surface area contributed by atoms with Gasteiger partial charge in [-0.1, -0.05) is 18.2 Å². The molecule has 0 bridgehead atoms. The fourth-order valence-electron chi connectivity index (χ4n) is 2.57. The zero-order chi connectivity index (χ0) is 17.2. The van der Waals surface area contributed by atoms with Crippen LogP contribution in [0.5, 0.6) is 0 Å². The smallest absolute Gasteiger partial charge is 0.191 e. The number of ether oxygens (including phenoxy) is 1. The highest BCUT2D eigenvalue weighted by atomic mass is 16.5. The third kappa shape index (κ3) is 5.89. The number of guanidine groups is 1. The van der Waals surface area contributed by atoms with Crippen molar-refractivity contribution in [3.05, 3.63) is 36.0 Å². The summed E-state index contributed by atoms with van der Waals surface area (Å²) in [5.74, 6) is 0.877. The van der Waals surface area contributed by atoms with Gasteiger partial charge < -0.3 is 20.4 Å². The second kappa shape index (κ2) is 9.98. The number of fused-ring (bicyclic) bond motifs is 1. The summed E-state index contributed by atoms with van der Waals surface area (Å²) in [6, 6.07) is 8.41. The molecule has 1 aromatic carbocycles. The maximum atomic E-state index is 5.54. The van der Waals surface area contributed by atoms with Gasteiger partial charge >= 0.3 is 0 Å². The number of aromatic amines is 1. The minimum Gasteiger partial charge on any atom is -0.379 e. The van der Waals surface area contributed by atoms with Crippen molar-refractivity contribution in [3.63, 3.8) is 0 Å². The Hall–Kier alpha value is -2.01. The fraction of sp³-hybridized carbons (Fsp3) is 0.526. The van der Waals surface area contributed by atoms with Crippen LogP contribution in [-0.2, 0) is 11.2 Å². The lowest BCUT2D eigenvalue weighted by atomic mass is 10.1. The minimum atomic E-state index is 0.288. The monoisotopic (exact) mass is 330 g/mol. The van der Waals surface area contributed by atoms with Gasteiger partial charge in [0.15, 0.2) is 5.96 Å². The quantitative estimate of drug-likeness (QED) is 0.376. The first kappa shape index (κ1) is 18.3. The van der Waals surface area contributed by atoms with Crippen molar-refractivity contribution in [2.75, 3.05) is 26.2 Å². The number of H-pyrrole nitrogens is 1. The van der Waals surface area contributed by atoms with E-state index in [1.165, 1.54) is 16.5 Å². The van der Waals surface area contributed by atoms with Gasteiger partial charge in [0, 0.05) is 43.3 Å². The molecule has 3 N–H and O–H groups in total. The Balaban J connectivity index is 1.78. The molecule has 0 atom stereocenters. The summed E-state index contributed by atoms with van der Waals surface area (Å²) in [5.41, 5.74) is 2.53. The van der Waals surface area contributed by atoms with Crippen molar-refractivity contribution in [2.24, 2.45) is 4.99 Å². The van der Waals surface area contributed by atoms with Gasteiger partial charge in [-0.3, -0.25) is 4.99 Å². The number of aromatic nitrogens is 1. The average Bonchev–Trinajstić information content (AvgIpc) is 2.97. The molecule has 0 amide bonds.